The van der Waals surface area contributed by atoms with Crippen molar-refractivity contribution in [2.45, 2.75) is 6.92 Å². The quantitative estimate of drug-likeness (QED) is 0.497. The van der Waals surface area contributed by atoms with Gasteiger partial charge >= 0.3 is 5.69 Å². The lowest BCUT2D eigenvalue weighted by Gasteiger charge is -2.08. The number of nitrogens with one attached hydrogen (secondary N) is 3. The lowest BCUT2D eigenvalue weighted by Crippen LogP contribution is -2.35. The molecule has 1 aromatic heterocycles. The first-order valence-corrected chi connectivity index (χ1v) is 4.75. The molecule has 16 heavy (non-hydrogen) atoms. The van der Waals surface area contributed by atoms with Crippen molar-refractivity contribution >= 4 is 5.91 Å². The lowest BCUT2D eigenvalue weighted by molar-refractivity contribution is 0.0940. The third-order valence-corrected chi connectivity index (χ3v) is 1.99. The molecule has 0 aliphatic heterocycles. The number of aliphatic hydroxyl groups excluding tert-OH is 1. The van der Waals surface area contributed by atoms with E-state index in [0.717, 1.165) is 6.20 Å². The van der Waals surface area contributed by atoms with Crippen molar-refractivity contribution in [3.8, 4) is 0 Å². The van der Waals surface area contributed by atoms with Gasteiger partial charge in [-0.15, -0.1) is 0 Å². The van der Waals surface area contributed by atoms with E-state index in [9.17, 15) is 14.4 Å². The van der Waals surface area contributed by atoms with Crippen LogP contribution in [-0.4, -0.2) is 34.1 Å². The topological polar surface area (TPSA) is 115 Å². The first-order valence-electron chi connectivity index (χ1n) is 4.75. The maximum atomic E-state index is 11.5. The molecule has 1 heterocycles. The number of carbonyl (C=O) groups is 1. The molecule has 0 spiro atoms. The van der Waals surface area contributed by atoms with E-state index in [1.807, 2.05) is 4.98 Å². The Balaban J connectivity index is 2.74. The Bertz CT molecular complexity index is 476. The van der Waals surface area contributed by atoms with Crippen LogP contribution >= 0.6 is 0 Å². The summed E-state index contributed by atoms with van der Waals surface area (Å²) in [4.78, 5) is 37.5. The number of aromatic amines is 2. The van der Waals surface area contributed by atoms with E-state index in [1.54, 1.807) is 6.92 Å². The molecule has 1 amide bonds. The van der Waals surface area contributed by atoms with Gasteiger partial charge in [0.05, 0.1) is 0 Å². The Morgan fingerprint density at radius 2 is 2.25 bits per heavy atom. The second-order valence-corrected chi connectivity index (χ2v) is 3.48. The van der Waals surface area contributed by atoms with Gasteiger partial charge in [0.2, 0.25) is 0 Å². The summed E-state index contributed by atoms with van der Waals surface area (Å²) in [6.07, 6.45) is 1.06. The minimum atomic E-state index is -0.738. The molecule has 0 radical (unpaired) electrons. The molecule has 0 aliphatic carbocycles. The van der Waals surface area contributed by atoms with Crippen LogP contribution in [0.1, 0.15) is 17.3 Å². The van der Waals surface area contributed by atoms with Crippen LogP contribution < -0.4 is 16.6 Å². The van der Waals surface area contributed by atoms with E-state index in [4.69, 9.17) is 5.11 Å². The predicted octanol–water partition coefficient (Wildman–Crippen LogP) is -1.58. The van der Waals surface area contributed by atoms with E-state index >= 15 is 0 Å². The van der Waals surface area contributed by atoms with Crippen LogP contribution in [-0.2, 0) is 0 Å². The van der Waals surface area contributed by atoms with Crippen LogP contribution in [0.2, 0.25) is 0 Å². The maximum Gasteiger partial charge on any atom is 0.325 e. The van der Waals surface area contributed by atoms with E-state index in [0.29, 0.717) is 0 Å². The molecule has 1 unspecified atom stereocenters. The van der Waals surface area contributed by atoms with Gasteiger partial charge in [-0.3, -0.25) is 14.6 Å². The fourth-order valence-electron chi connectivity index (χ4n) is 1.01. The first-order chi connectivity index (χ1) is 7.54. The maximum absolute atomic E-state index is 11.5. The number of carbonyl (C=O) groups excluding carboxylic acids is 1. The standard InChI is InChI=1S/C9H13N3O4/c1-5(4-13)2-10-7(14)6-3-11-9(16)12-8(6)15/h3,5,13H,2,4H2,1H3,(H,10,14)(H2,11,12,15,16). The molecule has 0 aliphatic rings. The highest BCUT2D eigenvalue weighted by Gasteiger charge is 2.11. The third-order valence-electron chi connectivity index (χ3n) is 1.99. The van der Waals surface area contributed by atoms with Gasteiger partial charge in [0.15, 0.2) is 0 Å². The molecule has 1 aromatic rings. The Labute approximate surface area is 90.5 Å². The summed E-state index contributed by atoms with van der Waals surface area (Å²) in [5, 5.41) is 11.2. The minimum Gasteiger partial charge on any atom is -0.396 e. The second kappa shape index (κ2) is 5.26. The van der Waals surface area contributed by atoms with Gasteiger partial charge < -0.3 is 15.4 Å². The van der Waals surface area contributed by atoms with Gasteiger partial charge in [0.1, 0.15) is 5.56 Å². The van der Waals surface area contributed by atoms with E-state index in [2.05, 4.69) is 10.3 Å². The van der Waals surface area contributed by atoms with Crippen LogP contribution in [0, 0.1) is 5.92 Å². The van der Waals surface area contributed by atoms with Gasteiger partial charge in [-0.2, -0.15) is 0 Å². The first kappa shape index (κ1) is 12.2. The smallest absolute Gasteiger partial charge is 0.325 e. The Morgan fingerprint density at radius 1 is 1.56 bits per heavy atom. The van der Waals surface area contributed by atoms with Crippen LogP contribution in [0.25, 0.3) is 0 Å². The average molecular weight is 227 g/mol. The number of hydrogen-bond acceptors (Lipinski definition) is 4. The molecule has 0 bridgehead atoms. The highest BCUT2D eigenvalue weighted by molar-refractivity contribution is 5.93. The highest BCUT2D eigenvalue weighted by atomic mass is 16.3. The number of amides is 1. The monoisotopic (exact) mass is 227 g/mol. The molecule has 0 saturated heterocycles. The van der Waals surface area contributed by atoms with E-state index in [1.165, 1.54) is 0 Å². The molecular weight excluding hydrogens is 214 g/mol. The molecule has 7 nitrogen and oxygen atoms in total. The van der Waals surface area contributed by atoms with Crippen molar-refractivity contribution in [2.75, 3.05) is 13.2 Å². The molecule has 0 saturated carbocycles. The predicted molar refractivity (Wildman–Crippen MR) is 56.3 cm³/mol. The molecular formula is C9H13N3O4. The van der Waals surface area contributed by atoms with Crippen LogP contribution in [0.3, 0.4) is 0 Å². The summed E-state index contributed by atoms with van der Waals surface area (Å²) in [5.74, 6) is -0.677. The number of aliphatic hydroxyl groups is 1. The van der Waals surface area contributed by atoms with Crippen molar-refractivity contribution in [3.05, 3.63) is 32.6 Å². The van der Waals surface area contributed by atoms with E-state index in [-0.39, 0.29) is 24.6 Å². The van der Waals surface area contributed by atoms with Crippen LogP contribution in [0.15, 0.2) is 15.8 Å². The Kier molecular flexibility index (Phi) is 4.01. The molecule has 4 N–H and O–H groups in total. The van der Waals surface area contributed by atoms with Crippen molar-refractivity contribution in [1.29, 1.82) is 0 Å². The van der Waals surface area contributed by atoms with Gasteiger partial charge in [0, 0.05) is 19.3 Å². The molecule has 1 atom stereocenters. The number of rotatable bonds is 4. The van der Waals surface area contributed by atoms with Crippen LogP contribution in [0.4, 0.5) is 0 Å². The highest BCUT2D eigenvalue weighted by Crippen LogP contribution is 1.91. The fraction of sp³-hybridized carbons (Fsp3) is 0.444. The minimum absolute atomic E-state index is 0.0533. The third kappa shape index (κ3) is 3.06. The SMILES string of the molecule is CC(CO)CNC(=O)c1c[nH]c(=O)[nH]c1=O. The van der Waals surface area contributed by atoms with Gasteiger partial charge in [-0.05, 0) is 5.92 Å². The fourth-order valence-corrected chi connectivity index (χ4v) is 1.01. The zero-order valence-corrected chi connectivity index (χ0v) is 8.74. The molecule has 1 rings (SSSR count). The normalized spacial score (nSPS) is 12.1. The number of H-pyrrole nitrogens is 2. The summed E-state index contributed by atoms with van der Waals surface area (Å²) in [5.41, 5.74) is -1.56. The van der Waals surface area contributed by atoms with E-state index < -0.39 is 17.2 Å². The van der Waals surface area contributed by atoms with Crippen molar-refractivity contribution in [1.82, 2.24) is 15.3 Å². The van der Waals surface area contributed by atoms with Gasteiger partial charge in [-0.1, -0.05) is 6.92 Å². The molecule has 0 aromatic carbocycles. The number of hydrogen-bond donors (Lipinski definition) is 4. The Morgan fingerprint density at radius 3 is 2.81 bits per heavy atom. The largest absolute Gasteiger partial charge is 0.396 e. The second-order valence-electron chi connectivity index (χ2n) is 3.48. The molecule has 88 valence electrons. The van der Waals surface area contributed by atoms with Crippen LogP contribution in [0.5, 0.6) is 0 Å². The summed E-state index contributed by atoms with van der Waals surface area (Å²) >= 11 is 0. The Hall–Kier alpha value is -1.89. The summed E-state index contributed by atoms with van der Waals surface area (Å²) in [6.45, 7) is 1.95. The van der Waals surface area contributed by atoms with Gasteiger partial charge in [-0.25, -0.2) is 4.79 Å². The average Bonchev–Trinajstić information content (AvgIpc) is 2.25. The summed E-state index contributed by atoms with van der Waals surface area (Å²) in [6, 6.07) is 0. The molecule has 7 heteroatoms. The summed E-state index contributed by atoms with van der Waals surface area (Å²) < 4.78 is 0. The van der Waals surface area contributed by atoms with Crippen molar-refractivity contribution in [2.24, 2.45) is 5.92 Å². The zero-order valence-electron chi connectivity index (χ0n) is 8.74. The molecule has 0 fully saturated rings. The number of aromatic nitrogens is 2. The van der Waals surface area contributed by atoms with Crippen molar-refractivity contribution < 1.29 is 9.90 Å². The zero-order chi connectivity index (χ0) is 12.1. The lowest BCUT2D eigenvalue weighted by atomic mass is 10.2. The van der Waals surface area contributed by atoms with Gasteiger partial charge in [0.25, 0.3) is 11.5 Å². The van der Waals surface area contributed by atoms with Crippen molar-refractivity contribution in [3.63, 3.8) is 0 Å². The summed E-state index contributed by atoms with van der Waals surface area (Å²) in [7, 11) is 0.